The van der Waals surface area contributed by atoms with Crippen molar-refractivity contribution >= 4 is 11.8 Å². The van der Waals surface area contributed by atoms with Crippen LogP contribution in [0.5, 0.6) is 0 Å². The van der Waals surface area contributed by atoms with E-state index < -0.39 is 0 Å². The molecule has 172 valence electrons. The molecule has 0 spiro atoms. The van der Waals surface area contributed by atoms with E-state index in [1.165, 1.54) is 29.7 Å². The third kappa shape index (κ3) is 7.50. The van der Waals surface area contributed by atoms with Gasteiger partial charge in [0.15, 0.2) is 0 Å². The third-order valence-corrected chi connectivity index (χ3v) is 5.40. The number of aromatic nitrogens is 2. The Hall–Kier alpha value is -3.58. The van der Waals surface area contributed by atoms with Crippen molar-refractivity contribution in [2.75, 3.05) is 33.4 Å². The molecule has 0 bridgehead atoms. The summed E-state index contributed by atoms with van der Waals surface area (Å²) in [6.45, 7) is 1.58. The average molecular weight is 447 g/mol. The van der Waals surface area contributed by atoms with Gasteiger partial charge in [0.05, 0.1) is 12.8 Å². The van der Waals surface area contributed by atoms with Gasteiger partial charge in [-0.3, -0.25) is 14.6 Å². The second-order valence-corrected chi connectivity index (χ2v) is 7.64. The summed E-state index contributed by atoms with van der Waals surface area (Å²) in [7, 11) is 1.58. The Morgan fingerprint density at radius 1 is 0.970 bits per heavy atom. The average Bonchev–Trinajstić information content (AvgIpc) is 2.88. The van der Waals surface area contributed by atoms with Gasteiger partial charge in [-0.05, 0) is 17.5 Å². The first-order chi connectivity index (χ1) is 16.2. The molecule has 0 atom stereocenters. The highest BCUT2D eigenvalue weighted by molar-refractivity contribution is 5.92. The Kier molecular flexibility index (Phi) is 9.54. The van der Waals surface area contributed by atoms with Crippen LogP contribution >= 0.6 is 0 Å². The Bertz CT molecular complexity index is 945. The lowest BCUT2D eigenvalue weighted by atomic mass is 9.88. The molecule has 33 heavy (non-hydrogen) atoms. The van der Waals surface area contributed by atoms with E-state index in [0.29, 0.717) is 19.7 Å². The topological polar surface area (TPSA) is 84.4 Å². The summed E-state index contributed by atoms with van der Waals surface area (Å²) in [6.07, 6.45) is 5.41. The molecule has 2 aromatic carbocycles. The van der Waals surface area contributed by atoms with E-state index in [9.17, 15) is 9.59 Å². The lowest BCUT2D eigenvalue weighted by Gasteiger charge is -2.22. The summed E-state index contributed by atoms with van der Waals surface area (Å²) in [6, 6.07) is 20.6. The second kappa shape index (κ2) is 13.1. The van der Waals surface area contributed by atoms with Crippen LogP contribution in [0.1, 0.15) is 40.4 Å². The van der Waals surface area contributed by atoms with E-state index >= 15 is 0 Å². The molecule has 1 aromatic heterocycles. The molecular weight excluding hydrogens is 416 g/mol. The van der Waals surface area contributed by atoms with Crippen molar-refractivity contribution in [2.45, 2.75) is 18.8 Å². The fourth-order valence-corrected chi connectivity index (χ4v) is 3.67. The number of rotatable bonds is 12. The fourth-order valence-electron chi connectivity index (χ4n) is 3.67. The minimum Gasteiger partial charge on any atom is -0.383 e. The lowest BCUT2D eigenvalue weighted by Crippen LogP contribution is -2.38. The summed E-state index contributed by atoms with van der Waals surface area (Å²) in [5.41, 5.74) is 2.69. The van der Waals surface area contributed by atoms with Crippen molar-refractivity contribution in [1.82, 2.24) is 20.2 Å². The van der Waals surface area contributed by atoms with Crippen molar-refractivity contribution in [2.24, 2.45) is 0 Å². The number of benzene rings is 2. The quantitative estimate of drug-likeness (QED) is 0.462. The molecule has 1 heterocycles. The van der Waals surface area contributed by atoms with Crippen LogP contribution in [0.4, 0.5) is 0 Å². The predicted molar refractivity (Wildman–Crippen MR) is 127 cm³/mol. The van der Waals surface area contributed by atoms with Gasteiger partial charge in [0, 0.05) is 51.5 Å². The molecule has 7 heteroatoms. The van der Waals surface area contributed by atoms with Crippen molar-refractivity contribution in [3.05, 3.63) is 96.1 Å². The maximum Gasteiger partial charge on any atom is 0.274 e. The summed E-state index contributed by atoms with van der Waals surface area (Å²) >= 11 is 0. The molecule has 0 radical (unpaired) electrons. The Balaban J connectivity index is 1.54. The molecule has 0 unspecified atom stereocenters. The van der Waals surface area contributed by atoms with E-state index in [1.807, 2.05) is 36.4 Å². The first kappa shape index (κ1) is 24.1. The molecule has 0 saturated carbocycles. The number of methoxy groups -OCH3 is 1. The smallest absolute Gasteiger partial charge is 0.274 e. The number of amides is 2. The predicted octanol–water partition coefficient (Wildman–Crippen LogP) is 3.29. The van der Waals surface area contributed by atoms with E-state index in [1.54, 1.807) is 12.0 Å². The minimum atomic E-state index is -0.263. The van der Waals surface area contributed by atoms with Crippen molar-refractivity contribution in [3.63, 3.8) is 0 Å². The number of hydrogen-bond acceptors (Lipinski definition) is 5. The van der Waals surface area contributed by atoms with Crippen LogP contribution in [-0.2, 0) is 9.53 Å². The third-order valence-electron chi connectivity index (χ3n) is 5.40. The maximum absolute atomic E-state index is 12.7. The first-order valence-corrected chi connectivity index (χ1v) is 11.1. The molecule has 0 aliphatic rings. The second-order valence-electron chi connectivity index (χ2n) is 7.64. The molecule has 3 aromatic rings. The van der Waals surface area contributed by atoms with E-state index in [4.69, 9.17) is 4.74 Å². The largest absolute Gasteiger partial charge is 0.383 e. The van der Waals surface area contributed by atoms with Crippen LogP contribution in [0, 0.1) is 0 Å². The molecule has 0 saturated heterocycles. The van der Waals surface area contributed by atoms with Crippen molar-refractivity contribution < 1.29 is 14.3 Å². The number of ether oxygens (including phenoxy) is 1. The zero-order valence-corrected chi connectivity index (χ0v) is 18.9. The summed E-state index contributed by atoms with van der Waals surface area (Å²) in [4.78, 5) is 34.8. The SMILES string of the molecule is COCCN(CCC(=O)NCCC(c1ccccc1)c1ccccc1)C(=O)c1cnccn1. The van der Waals surface area contributed by atoms with Gasteiger partial charge in [0.2, 0.25) is 5.91 Å². The normalized spacial score (nSPS) is 10.7. The molecule has 0 fully saturated rings. The lowest BCUT2D eigenvalue weighted by molar-refractivity contribution is -0.121. The number of carbonyl (C=O) groups excluding carboxylic acids is 2. The van der Waals surface area contributed by atoms with Gasteiger partial charge in [-0.25, -0.2) is 4.98 Å². The zero-order valence-electron chi connectivity index (χ0n) is 18.9. The van der Waals surface area contributed by atoms with Crippen molar-refractivity contribution in [3.8, 4) is 0 Å². The van der Waals surface area contributed by atoms with Crippen molar-refractivity contribution in [1.29, 1.82) is 0 Å². The standard InChI is InChI=1S/C26H30N4O3/c1-33-19-18-30(26(32)24-20-27-15-16-28-24)17-13-25(31)29-14-12-23(21-8-4-2-5-9-21)22-10-6-3-7-11-22/h2-11,15-16,20,23H,12-14,17-19H2,1H3,(H,29,31). The number of hydrogen-bond donors (Lipinski definition) is 1. The number of nitrogens with zero attached hydrogens (tertiary/aromatic N) is 3. The van der Waals surface area contributed by atoms with Crippen LogP contribution in [0.2, 0.25) is 0 Å². The minimum absolute atomic E-state index is 0.0933. The highest BCUT2D eigenvalue weighted by Crippen LogP contribution is 2.27. The molecule has 3 rings (SSSR count). The molecule has 0 aliphatic heterocycles. The van der Waals surface area contributed by atoms with E-state index in [0.717, 1.165) is 6.42 Å². The van der Waals surface area contributed by atoms with Crippen LogP contribution in [-0.4, -0.2) is 60.0 Å². The molecular formula is C26H30N4O3. The Labute approximate surface area is 194 Å². The van der Waals surface area contributed by atoms with E-state index in [-0.39, 0.29) is 36.4 Å². The highest BCUT2D eigenvalue weighted by atomic mass is 16.5. The Morgan fingerprint density at radius 2 is 1.64 bits per heavy atom. The Morgan fingerprint density at radius 3 is 2.21 bits per heavy atom. The molecule has 2 amide bonds. The first-order valence-electron chi connectivity index (χ1n) is 11.1. The van der Waals surface area contributed by atoms with Gasteiger partial charge in [0.1, 0.15) is 5.69 Å². The molecule has 0 aliphatic carbocycles. The van der Waals surface area contributed by atoms with Gasteiger partial charge in [-0.2, -0.15) is 0 Å². The number of carbonyl (C=O) groups is 2. The summed E-state index contributed by atoms with van der Waals surface area (Å²) in [5, 5.41) is 3.01. The fraction of sp³-hybridized carbons (Fsp3) is 0.308. The van der Waals surface area contributed by atoms with Gasteiger partial charge in [0.25, 0.3) is 5.91 Å². The van der Waals surface area contributed by atoms with Gasteiger partial charge < -0.3 is 15.0 Å². The number of nitrogens with one attached hydrogen (secondary N) is 1. The monoisotopic (exact) mass is 446 g/mol. The van der Waals surface area contributed by atoms with Gasteiger partial charge in [-0.1, -0.05) is 60.7 Å². The van der Waals surface area contributed by atoms with Crippen LogP contribution in [0.15, 0.2) is 79.3 Å². The maximum atomic E-state index is 12.7. The molecule has 7 nitrogen and oxygen atoms in total. The highest BCUT2D eigenvalue weighted by Gasteiger charge is 2.19. The van der Waals surface area contributed by atoms with E-state index in [2.05, 4.69) is 39.6 Å². The van der Waals surface area contributed by atoms with Crippen LogP contribution in [0.25, 0.3) is 0 Å². The van der Waals surface area contributed by atoms with Gasteiger partial charge >= 0.3 is 0 Å². The van der Waals surface area contributed by atoms with Gasteiger partial charge in [-0.15, -0.1) is 0 Å². The summed E-state index contributed by atoms with van der Waals surface area (Å²) in [5.74, 6) is -0.158. The zero-order chi connectivity index (χ0) is 23.3. The molecule has 1 N–H and O–H groups in total. The van der Waals surface area contributed by atoms with Crippen LogP contribution in [0.3, 0.4) is 0 Å². The summed E-state index contributed by atoms with van der Waals surface area (Å²) < 4.78 is 5.11. The van der Waals surface area contributed by atoms with Crippen LogP contribution < -0.4 is 5.32 Å².